The van der Waals surface area contributed by atoms with Crippen molar-refractivity contribution in [3.05, 3.63) is 41.0 Å². The van der Waals surface area contributed by atoms with Crippen LogP contribution < -0.4 is 4.74 Å². The first-order valence-corrected chi connectivity index (χ1v) is 9.21. The van der Waals surface area contributed by atoms with Gasteiger partial charge in [-0.15, -0.1) is 0 Å². The third-order valence-electron chi connectivity index (χ3n) is 4.03. The molecule has 3 rings (SSSR count). The van der Waals surface area contributed by atoms with E-state index in [1.807, 2.05) is 36.1 Å². The Balaban J connectivity index is 2.05. The number of thiazole rings is 1. The number of aliphatic hydroxyl groups is 2. The molecule has 3 N–H and O–H groups in total. The molecule has 2 aromatic heterocycles. The van der Waals surface area contributed by atoms with Crippen molar-refractivity contribution < 1.29 is 20.1 Å². The van der Waals surface area contributed by atoms with Gasteiger partial charge in [-0.2, -0.15) is 9.61 Å². The molecule has 3 aromatic rings. The maximum atomic E-state index is 10.6. The number of hydrogen-bond acceptors (Lipinski definition) is 8. The zero-order valence-electron chi connectivity index (χ0n) is 14.4. The first kappa shape index (κ1) is 18.6. The summed E-state index contributed by atoms with van der Waals surface area (Å²) in [6.07, 6.45) is 1.39. The van der Waals surface area contributed by atoms with Gasteiger partial charge in [-0.25, -0.2) is 4.98 Å². The summed E-state index contributed by atoms with van der Waals surface area (Å²) in [5, 5.41) is 33.6. The van der Waals surface area contributed by atoms with Crippen molar-refractivity contribution >= 4 is 16.3 Å². The Bertz CT molecular complexity index is 827. The summed E-state index contributed by atoms with van der Waals surface area (Å²) < 4.78 is 6.88. The fraction of sp³-hybridized carbons (Fsp3) is 0.412. The second-order valence-corrected chi connectivity index (χ2v) is 6.64. The van der Waals surface area contributed by atoms with Gasteiger partial charge in [0.2, 0.25) is 10.8 Å². The van der Waals surface area contributed by atoms with Crippen LogP contribution in [-0.2, 0) is 0 Å². The Kier molecular flexibility index (Phi) is 6.04. The van der Waals surface area contributed by atoms with Crippen LogP contribution in [0.1, 0.15) is 23.4 Å². The Hall–Kier alpha value is -2.20. The van der Waals surface area contributed by atoms with Gasteiger partial charge in [-0.05, 0) is 24.6 Å². The summed E-state index contributed by atoms with van der Waals surface area (Å²) in [7, 11) is 0. The minimum absolute atomic E-state index is 0.0160. The monoisotopic (exact) mass is 378 g/mol. The van der Waals surface area contributed by atoms with Gasteiger partial charge in [-0.3, -0.25) is 4.90 Å². The highest BCUT2D eigenvalue weighted by Gasteiger charge is 2.28. The summed E-state index contributed by atoms with van der Waals surface area (Å²) in [5.74, 6) is 0.778. The van der Waals surface area contributed by atoms with E-state index < -0.39 is 0 Å². The van der Waals surface area contributed by atoms with E-state index in [-0.39, 0.29) is 25.1 Å². The van der Waals surface area contributed by atoms with E-state index in [4.69, 9.17) is 4.74 Å². The molecule has 26 heavy (non-hydrogen) atoms. The summed E-state index contributed by atoms with van der Waals surface area (Å²) >= 11 is 1.33. The lowest BCUT2D eigenvalue weighted by atomic mass is 10.0. The van der Waals surface area contributed by atoms with Crippen LogP contribution >= 0.6 is 11.3 Å². The van der Waals surface area contributed by atoms with Gasteiger partial charge in [0.25, 0.3) is 0 Å². The average Bonchev–Trinajstić information content (AvgIpc) is 3.21. The molecule has 140 valence electrons. The molecule has 0 fully saturated rings. The molecule has 0 amide bonds. The standard InChI is InChI=1S/C17H22N4O4S/c1-2-25-13-5-3-12(4-6-13)14(20(7-9-22)8-10-23)15-16(24)21-17(26-15)18-11-19-21/h3-6,11,14,22-24H,2,7-10H2,1H3. The van der Waals surface area contributed by atoms with E-state index in [2.05, 4.69) is 10.1 Å². The van der Waals surface area contributed by atoms with Crippen LogP contribution in [0, 0.1) is 0 Å². The third kappa shape index (κ3) is 3.65. The smallest absolute Gasteiger partial charge is 0.230 e. The lowest BCUT2D eigenvalue weighted by Gasteiger charge is -2.30. The third-order valence-corrected chi connectivity index (χ3v) is 5.12. The first-order chi connectivity index (χ1) is 12.7. The van der Waals surface area contributed by atoms with Gasteiger partial charge in [0, 0.05) is 13.1 Å². The number of aromatic nitrogens is 3. The number of hydrogen-bond donors (Lipinski definition) is 3. The molecule has 0 saturated carbocycles. The highest BCUT2D eigenvalue weighted by Crippen LogP contribution is 2.39. The molecule has 1 unspecified atom stereocenters. The van der Waals surface area contributed by atoms with Crippen molar-refractivity contribution in [3.8, 4) is 11.6 Å². The molecular formula is C17H22N4O4S. The number of ether oxygens (including phenoxy) is 1. The Morgan fingerprint density at radius 3 is 2.46 bits per heavy atom. The number of aromatic hydroxyl groups is 1. The van der Waals surface area contributed by atoms with Gasteiger partial charge in [-0.1, -0.05) is 23.5 Å². The normalized spacial score (nSPS) is 12.8. The Morgan fingerprint density at radius 2 is 1.88 bits per heavy atom. The molecule has 0 radical (unpaired) electrons. The number of nitrogens with zero attached hydrogens (tertiary/aromatic N) is 4. The molecule has 8 nitrogen and oxygen atoms in total. The molecule has 0 bridgehead atoms. The van der Waals surface area contributed by atoms with Crippen LogP contribution in [0.2, 0.25) is 0 Å². The predicted molar refractivity (Wildman–Crippen MR) is 97.7 cm³/mol. The Labute approximate surface area is 154 Å². The van der Waals surface area contributed by atoms with Crippen molar-refractivity contribution in [3.63, 3.8) is 0 Å². The van der Waals surface area contributed by atoms with E-state index in [1.54, 1.807) is 0 Å². The SMILES string of the molecule is CCOc1ccc(C(c2sc3ncnn3c2O)N(CCO)CCO)cc1. The summed E-state index contributed by atoms with van der Waals surface area (Å²) in [6, 6.07) is 7.24. The summed E-state index contributed by atoms with van der Waals surface area (Å²) in [4.78, 5) is 7.30. The van der Waals surface area contributed by atoms with Crippen molar-refractivity contribution in [1.82, 2.24) is 19.5 Å². The van der Waals surface area contributed by atoms with Crippen molar-refractivity contribution in [2.24, 2.45) is 0 Å². The molecule has 1 atom stereocenters. The minimum Gasteiger partial charge on any atom is -0.494 e. The maximum Gasteiger partial charge on any atom is 0.230 e. The topological polar surface area (TPSA) is 103 Å². The quantitative estimate of drug-likeness (QED) is 0.515. The molecule has 2 heterocycles. The van der Waals surface area contributed by atoms with Gasteiger partial charge < -0.3 is 20.1 Å². The van der Waals surface area contributed by atoms with Crippen molar-refractivity contribution in [2.75, 3.05) is 32.9 Å². The molecule has 0 aliphatic carbocycles. The first-order valence-electron chi connectivity index (χ1n) is 8.39. The molecule has 0 aliphatic rings. The van der Waals surface area contributed by atoms with Gasteiger partial charge in [0.05, 0.1) is 30.7 Å². The van der Waals surface area contributed by atoms with E-state index in [0.717, 1.165) is 11.3 Å². The van der Waals surface area contributed by atoms with E-state index in [1.165, 1.54) is 22.2 Å². The van der Waals surface area contributed by atoms with Crippen molar-refractivity contribution in [2.45, 2.75) is 13.0 Å². The maximum absolute atomic E-state index is 10.6. The summed E-state index contributed by atoms with van der Waals surface area (Å²) in [6.45, 7) is 3.09. The van der Waals surface area contributed by atoms with Crippen LogP contribution in [0.3, 0.4) is 0 Å². The van der Waals surface area contributed by atoms with Crippen LogP contribution in [0.15, 0.2) is 30.6 Å². The zero-order chi connectivity index (χ0) is 18.5. The lowest BCUT2D eigenvalue weighted by Crippen LogP contribution is -2.34. The van der Waals surface area contributed by atoms with E-state index in [0.29, 0.717) is 29.5 Å². The van der Waals surface area contributed by atoms with E-state index in [9.17, 15) is 15.3 Å². The predicted octanol–water partition coefficient (Wildman–Crippen LogP) is 1.27. The minimum atomic E-state index is -0.349. The largest absolute Gasteiger partial charge is 0.494 e. The molecule has 0 spiro atoms. The van der Waals surface area contributed by atoms with Crippen LogP contribution in [0.5, 0.6) is 11.6 Å². The number of fused-ring (bicyclic) bond motifs is 1. The number of benzene rings is 1. The van der Waals surface area contributed by atoms with Crippen LogP contribution in [0.4, 0.5) is 0 Å². The van der Waals surface area contributed by atoms with Crippen LogP contribution in [-0.4, -0.2) is 67.7 Å². The average molecular weight is 378 g/mol. The molecule has 9 heteroatoms. The lowest BCUT2D eigenvalue weighted by molar-refractivity contribution is 0.136. The fourth-order valence-electron chi connectivity index (χ4n) is 2.94. The Morgan fingerprint density at radius 1 is 1.19 bits per heavy atom. The van der Waals surface area contributed by atoms with Crippen molar-refractivity contribution in [1.29, 1.82) is 0 Å². The highest BCUT2D eigenvalue weighted by atomic mass is 32.1. The highest BCUT2D eigenvalue weighted by molar-refractivity contribution is 7.17. The fourth-order valence-corrected chi connectivity index (χ4v) is 4.03. The van der Waals surface area contributed by atoms with Gasteiger partial charge >= 0.3 is 0 Å². The van der Waals surface area contributed by atoms with Crippen LogP contribution in [0.25, 0.3) is 4.96 Å². The number of aliphatic hydroxyl groups excluding tert-OH is 2. The second-order valence-electron chi connectivity index (χ2n) is 5.63. The zero-order valence-corrected chi connectivity index (χ0v) is 15.3. The van der Waals surface area contributed by atoms with E-state index >= 15 is 0 Å². The second kappa shape index (κ2) is 8.45. The molecule has 0 aliphatic heterocycles. The number of rotatable bonds is 9. The molecule has 0 saturated heterocycles. The van der Waals surface area contributed by atoms with Gasteiger partial charge in [0.15, 0.2) is 0 Å². The summed E-state index contributed by atoms with van der Waals surface area (Å²) in [5.41, 5.74) is 0.912. The molecule has 1 aromatic carbocycles. The molecular weight excluding hydrogens is 356 g/mol. The van der Waals surface area contributed by atoms with Gasteiger partial charge in [0.1, 0.15) is 12.1 Å².